The zero-order chi connectivity index (χ0) is 26.1. The van der Waals surface area contributed by atoms with Crippen LogP contribution < -0.4 is 5.32 Å². The Bertz CT molecular complexity index is 1620. The summed E-state index contributed by atoms with van der Waals surface area (Å²) in [5.41, 5.74) is 4.19. The van der Waals surface area contributed by atoms with E-state index in [0.29, 0.717) is 22.5 Å². The Morgan fingerprint density at radius 3 is 2.68 bits per heavy atom. The highest BCUT2D eigenvalue weighted by Crippen LogP contribution is 2.43. The lowest BCUT2D eigenvalue weighted by Crippen LogP contribution is -2.14. The molecule has 37 heavy (non-hydrogen) atoms. The molecule has 0 radical (unpaired) electrons. The third-order valence-electron chi connectivity index (χ3n) is 6.78. The standard InChI is InChI=1S/C31H25FN2O2S/c1-18(2)14-28(35)21-11-10-19-6-5-8-22(25(19)15-21)20-12-13-23-26(17-33)31(37-29(23)16-20)34-30(36)24-7-3-4-9-27(24)32/h3-11,14-15,20H,12-13,16H2,1-2H3,(H,34,36). The topological polar surface area (TPSA) is 70.0 Å². The molecule has 4 aromatic rings. The highest BCUT2D eigenvalue weighted by molar-refractivity contribution is 7.16. The number of hydrogen-bond acceptors (Lipinski definition) is 4. The molecule has 1 heterocycles. The molecule has 3 aromatic carbocycles. The maximum Gasteiger partial charge on any atom is 0.259 e. The number of thiophene rings is 1. The van der Waals surface area contributed by atoms with Crippen LogP contribution in [0.4, 0.5) is 9.39 Å². The van der Waals surface area contributed by atoms with Crippen molar-refractivity contribution in [1.29, 1.82) is 5.26 Å². The summed E-state index contributed by atoms with van der Waals surface area (Å²) >= 11 is 1.40. The van der Waals surface area contributed by atoms with Gasteiger partial charge in [0.2, 0.25) is 0 Å². The third kappa shape index (κ3) is 4.83. The summed E-state index contributed by atoms with van der Waals surface area (Å²) in [7, 11) is 0. The number of ketones is 1. The lowest BCUT2D eigenvalue weighted by molar-refractivity contribution is 0.102. The fraction of sp³-hybridized carbons (Fsp3) is 0.194. The summed E-state index contributed by atoms with van der Waals surface area (Å²) in [4.78, 5) is 26.4. The Labute approximate surface area is 219 Å². The summed E-state index contributed by atoms with van der Waals surface area (Å²) in [6.45, 7) is 3.82. The van der Waals surface area contributed by atoms with Gasteiger partial charge in [-0.05, 0) is 85.2 Å². The molecule has 1 amide bonds. The van der Waals surface area contributed by atoms with Crippen LogP contribution in [0, 0.1) is 17.1 Å². The van der Waals surface area contributed by atoms with Gasteiger partial charge in [0.05, 0.1) is 11.1 Å². The molecule has 0 saturated carbocycles. The minimum Gasteiger partial charge on any atom is -0.312 e. The maximum absolute atomic E-state index is 14.1. The van der Waals surface area contributed by atoms with E-state index in [9.17, 15) is 19.2 Å². The van der Waals surface area contributed by atoms with Crippen molar-refractivity contribution in [1.82, 2.24) is 0 Å². The van der Waals surface area contributed by atoms with Crippen LogP contribution in [0.3, 0.4) is 0 Å². The molecular weight excluding hydrogens is 483 g/mol. The van der Waals surface area contributed by atoms with Crippen molar-refractivity contribution >= 4 is 38.8 Å². The lowest BCUT2D eigenvalue weighted by atomic mass is 9.81. The summed E-state index contributed by atoms with van der Waals surface area (Å²) in [6.07, 6.45) is 3.95. The predicted molar refractivity (Wildman–Crippen MR) is 146 cm³/mol. The van der Waals surface area contributed by atoms with E-state index >= 15 is 0 Å². The molecule has 1 N–H and O–H groups in total. The number of nitrogens with zero attached hydrogens (tertiary/aromatic N) is 1. The lowest BCUT2D eigenvalue weighted by Gasteiger charge is -2.24. The zero-order valence-corrected chi connectivity index (χ0v) is 21.4. The zero-order valence-electron chi connectivity index (χ0n) is 20.6. The second-order valence-electron chi connectivity index (χ2n) is 9.56. The van der Waals surface area contributed by atoms with E-state index in [1.807, 2.05) is 38.1 Å². The number of anilines is 1. The van der Waals surface area contributed by atoms with Gasteiger partial charge in [0.1, 0.15) is 16.9 Å². The van der Waals surface area contributed by atoms with Crippen molar-refractivity contribution in [2.45, 2.75) is 39.0 Å². The number of carbonyl (C=O) groups is 2. The van der Waals surface area contributed by atoms with Crippen molar-refractivity contribution in [2.24, 2.45) is 0 Å². The molecule has 6 heteroatoms. The fourth-order valence-corrected chi connectivity index (χ4v) is 6.30. The van der Waals surface area contributed by atoms with E-state index in [2.05, 4.69) is 23.5 Å². The van der Waals surface area contributed by atoms with Crippen molar-refractivity contribution < 1.29 is 14.0 Å². The molecule has 184 valence electrons. The number of nitrogens with one attached hydrogen (secondary N) is 1. The van der Waals surface area contributed by atoms with E-state index in [4.69, 9.17) is 0 Å². The molecular formula is C31H25FN2O2S. The molecule has 0 fully saturated rings. The normalized spacial score (nSPS) is 14.5. The summed E-state index contributed by atoms with van der Waals surface area (Å²) in [5, 5.41) is 15.2. The van der Waals surface area contributed by atoms with Crippen LogP contribution in [0.15, 0.2) is 72.3 Å². The van der Waals surface area contributed by atoms with Crippen LogP contribution in [0.5, 0.6) is 0 Å². The monoisotopic (exact) mass is 508 g/mol. The molecule has 5 rings (SSSR count). The number of fused-ring (bicyclic) bond motifs is 2. The SMILES string of the molecule is CC(C)=CC(=O)c1ccc2cccc(C3CCc4c(sc(NC(=O)c5ccccc5F)c4C#N)C3)c2c1. The first-order valence-electron chi connectivity index (χ1n) is 12.2. The Kier molecular flexibility index (Phi) is 6.73. The number of halogens is 1. The first-order chi connectivity index (χ1) is 17.9. The molecule has 1 aliphatic carbocycles. The molecule has 0 bridgehead atoms. The second kappa shape index (κ2) is 10.1. The Hall–Kier alpha value is -4.08. The van der Waals surface area contributed by atoms with E-state index in [-0.39, 0.29) is 17.3 Å². The minimum atomic E-state index is -0.599. The van der Waals surface area contributed by atoms with Crippen LogP contribution in [0.2, 0.25) is 0 Å². The van der Waals surface area contributed by atoms with Gasteiger partial charge in [-0.15, -0.1) is 11.3 Å². The largest absolute Gasteiger partial charge is 0.312 e. The van der Waals surface area contributed by atoms with Gasteiger partial charge in [-0.1, -0.05) is 48.0 Å². The van der Waals surface area contributed by atoms with Crippen LogP contribution in [-0.4, -0.2) is 11.7 Å². The van der Waals surface area contributed by atoms with Crippen molar-refractivity contribution in [3.63, 3.8) is 0 Å². The molecule has 1 atom stereocenters. The number of benzene rings is 3. The summed E-state index contributed by atoms with van der Waals surface area (Å²) in [5.74, 6) is -0.953. The van der Waals surface area contributed by atoms with E-state index in [1.165, 1.54) is 35.1 Å². The Morgan fingerprint density at radius 2 is 1.92 bits per heavy atom. The van der Waals surface area contributed by atoms with Crippen LogP contribution in [0.25, 0.3) is 10.8 Å². The van der Waals surface area contributed by atoms with Gasteiger partial charge in [0, 0.05) is 10.4 Å². The van der Waals surface area contributed by atoms with Crippen LogP contribution in [-0.2, 0) is 12.8 Å². The van der Waals surface area contributed by atoms with Gasteiger partial charge in [-0.3, -0.25) is 9.59 Å². The molecule has 4 nitrogen and oxygen atoms in total. The number of rotatable bonds is 5. The van der Waals surface area contributed by atoms with E-state index < -0.39 is 11.7 Å². The van der Waals surface area contributed by atoms with E-state index in [0.717, 1.165) is 39.6 Å². The Morgan fingerprint density at radius 1 is 1.11 bits per heavy atom. The van der Waals surface area contributed by atoms with Gasteiger partial charge in [-0.2, -0.15) is 5.26 Å². The van der Waals surface area contributed by atoms with Gasteiger partial charge in [-0.25, -0.2) is 4.39 Å². The molecule has 0 spiro atoms. The highest BCUT2D eigenvalue weighted by atomic mass is 32.1. The molecule has 1 aromatic heterocycles. The summed E-state index contributed by atoms with van der Waals surface area (Å²) in [6, 6.07) is 20.1. The first-order valence-corrected chi connectivity index (χ1v) is 13.0. The second-order valence-corrected chi connectivity index (χ2v) is 10.7. The average Bonchev–Trinajstić information content (AvgIpc) is 3.23. The van der Waals surface area contributed by atoms with Crippen LogP contribution in [0.1, 0.15) is 68.5 Å². The summed E-state index contributed by atoms with van der Waals surface area (Å²) < 4.78 is 14.1. The van der Waals surface area contributed by atoms with E-state index in [1.54, 1.807) is 12.1 Å². The van der Waals surface area contributed by atoms with Crippen LogP contribution >= 0.6 is 11.3 Å². The third-order valence-corrected chi connectivity index (χ3v) is 7.95. The predicted octanol–water partition coefficient (Wildman–Crippen LogP) is 7.59. The molecule has 0 aliphatic heterocycles. The number of allylic oxidation sites excluding steroid dienone is 2. The van der Waals surface area contributed by atoms with Crippen molar-refractivity contribution in [3.8, 4) is 6.07 Å². The molecule has 0 saturated heterocycles. The van der Waals surface area contributed by atoms with Gasteiger partial charge >= 0.3 is 0 Å². The minimum absolute atomic E-state index is 0.00483. The number of nitriles is 1. The molecule has 1 unspecified atom stereocenters. The number of carbonyl (C=O) groups excluding carboxylic acids is 2. The van der Waals surface area contributed by atoms with Gasteiger partial charge in [0.15, 0.2) is 5.78 Å². The van der Waals surface area contributed by atoms with Gasteiger partial charge < -0.3 is 5.32 Å². The van der Waals surface area contributed by atoms with Crippen molar-refractivity contribution in [3.05, 3.63) is 111 Å². The molecule has 1 aliphatic rings. The Balaban J connectivity index is 1.46. The fourth-order valence-electron chi connectivity index (χ4n) is 5.03. The first kappa shape index (κ1) is 24.6. The number of hydrogen-bond donors (Lipinski definition) is 1. The maximum atomic E-state index is 14.1. The highest BCUT2D eigenvalue weighted by Gasteiger charge is 2.28. The average molecular weight is 509 g/mol. The van der Waals surface area contributed by atoms with Crippen molar-refractivity contribution in [2.75, 3.05) is 5.32 Å². The number of amides is 1. The van der Waals surface area contributed by atoms with Gasteiger partial charge in [0.25, 0.3) is 5.91 Å². The smallest absolute Gasteiger partial charge is 0.259 e. The quantitative estimate of drug-likeness (QED) is 0.223.